The van der Waals surface area contributed by atoms with Crippen LogP contribution in [0.2, 0.25) is 0 Å². The van der Waals surface area contributed by atoms with E-state index < -0.39 is 5.92 Å². The summed E-state index contributed by atoms with van der Waals surface area (Å²) in [6, 6.07) is 1.97. The molecule has 0 aliphatic carbocycles. The van der Waals surface area contributed by atoms with Crippen LogP contribution in [-0.2, 0) is 4.79 Å². The van der Waals surface area contributed by atoms with Crippen LogP contribution in [0, 0.1) is 23.2 Å². The van der Waals surface area contributed by atoms with Crippen molar-refractivity contribution in [3.8, 4) is 6.07 Å². The minimum Gasteiger partial charge on any atom is -0.355 e. The number of carbonyl (C=O) groups is 1. The summed E-state index contributed by atoms with van der Waals surface area (Å²) in [4.78, 5) is 11.1. The molecule has 0 aliphatic heterocycles. The van der Waals surface area contributed by atoms with Crippen LogP contribution in [-0.4, -0.2) is 12.5 Å². The van der Waals surface area contributed by atoms with Gasteiger partial charge in [-0.05, 0) is 12.8 Å². The summed E-state index contributed by atoms with van der Waals surface area (Å²) in [5.41, 5.74) is 0. The second-order valence-electron chi connectivity index (χ2n) is 2.75. The van der Waals surface area contributed by atoms with Gasteiger partial charge in [-0.1, -0.05) is 13.8 Å². The van der Waals surface area contributed by atoms with Gasteiger partial charge in [0.15, 0.2) is 0 Å². The molecule has 62 valence electrons. The van der Waals surface area contributed by atoms with Crippen LogP contribution in [0.5, 0.6) is 0 Å². The summed E-state index contributed by atoms with van der Waals surface area (Å²) in [7, 11) is 0. The molecule has 0 bridgehead atoms. The lowest BCUT2D eigenvalue weighted by Gasteiger charge is -2.11. The Hall–Kier alpha value is -1.04. The summed E-state index contributed by atoms with van der Waals surface area (Å²) in [5.74, 6) is -0.577. The molecule has 11 heavy (non-hydrogen) atoms. The maximum Gasteiger partial charge on any atom is 0.237 e. The van der Waals surface area contributed by atoms with E-state index in [-0.39, 0.29) is 11.8 Å². The summed E-state index contributed by atoms with van der Waals surface area (Å²) >= 11 is 0. The molecular formula is C8H14N2O. The molecule has 0 aromatic rings. The number of nitrogens with one attached hydrogen (secondary N) is 1. The zero-order chi connectivity index (χ0) is 8.85. The standard InChI is InChI=1S/C8H14N2O/c1-4-10-8(11)7(5-9)6(2)3/h6-7H,4H2,1-3H3,(H,10,11). The molecule has 1 unspecified atom stereocenters. The fourth-order valence-electron chi connectivity index (χ4n) is 0.795. The predicted molar refractivity (Wildman–Crippen MR) is 42.6 cm³/mol. The highest BCUT2D eigenvalue weighted by Gasteiger charge is 2.20. The summed E-state index contributed by atoms with van der Waals surface area (Å²) in [5, 5.41) is 11.2. The Balaban J connectivity index is 4.06. The average Bonchev–Trinajstić information content (AvgIpc) is 1.88. The van der Waals surface area contributed by atoms with Crippen LogP contribution in [0.4, 0.5) is 0 Å². The monoisotopic (exact) mass is 154 g/mol. The Kier molecular flexibility index (Phi) is 4.28. The molecule has 0 aromatic carbocycles. The molecule has 0 aromatic heterocycles. The molecule has 1 atom stereocenters. The molecule has 0 heterocycles. The minimum absolute atomic E-state index is 0.0894. The lowest BCUT2D eigenvalue weighted by atomic mass is 9.97. The lowest BCUT2D eigenvalue weighted by molar-refractivity contribution is -0.124. The SMILES string of the molecule is CCNC(=O)C(C#N)C(C)C. The Morgan fingerprint density at radius 1 is 1.64 bits per heavy atom. The molecule has 0 aliphatic rings. The number of nitriles is 1. The fourth-order valence-corrected chi connectivity index (χ4v) is 0.795. The Morgan fingerprint density at radius 2 is 2.18 bits per heavy atom. The highest BCUT2D eigenvalue weighted by Crippen LogP contribution is 2.08. The van der Waals surface area contributed by atoms with Gasteiger partial charge >= 0.3 is 0 Å². The van der Waals surface area contributed by atoms with Gasteiger partial charge < -0.3 is 5.32 Å². The van der Waals surface area contributed by atoms with Gasteiger partial charge in [0.25, 0.3) is 0 Å². The highest BCUT2D eigenvalue weighted by molar-refractivity contribution is 5.81. The third-order valence-corrected chi connectivity index (χ3v) is 1.44. The third kappa shape index (κ3) is 3.03. The van der Waals surface area contributed by atoms with Gasteiger partial charge in [0.05, 0.1) is 6.07 Å². The van der Waals surface area contributed by atoms with Crippen molar-refractivity contribution >= 4 is 5.91 Å². The zero-order valence-electron chi connectivity index (χ0n) is 7.22. The molecule has 3 nitrogen and oxygen atoms in total. The first-order chi connectivity index (χ1) is 5.13. The minimum atomic E-state index is -0.505. The molecule has 0 radical (unpaired) electrons. The number of hydrogen-bond acceptors (Lipinski definition) is 2. The van der Waals surface area contributed by atoms with Crippen LogP contribution >= 0.6 is 0 Å². The molecule has 0 saturated heterocycles. The van der Waals surface area contributed by atoms with E-state index in [0.29, 0.717) is 6.54 Å². The Bertz CT molecular complexity index is 169. The molecule has 0 spiro atoms. The van der Waals surface area contributed by atoms with Crippen molar-refractivity contribution in [2.24, 2.45) is 11.8 Å². The van der Waals surface area contributed by atoms with E-state index in [1.54, 1.807) is 0 Å². The van der Waals surface area contributed by atoms with Crippen molar-refractivity contribution in [2.75, 3.05) is 6.54 Å². The maximum atomic E-state index is 11.1. The van der Waals surface area contributed by atoms with Crippen LogP contribution in [0.3, 0.4) is 0 Å². The van der Waals surface area contributed by atoms with E-state index in [1.807, 2.05) is 26.8 Å². The zero-order valence-corrected chi connectivity index (χ0v) is 7.22. The van der Waals surface area contributed by atoms with Gasteiger partial charge in [-0.25, -0.2) is 0 Å². The molecule has 1 N–H and O–H groups in total. The molecule has 3 heteroatoms. The second kappa shape index (κ2) is 4.73. The van der Waals surface area contributed by atoms with Gasteiger partial charge in [-0.15, -0.1) is 0 Å². The molecule has 0 fully saturated rings. The van der Waals surface area contributed by atoms with Crippen molar-refractivity contribution in [3.05, 3.63) is 0 Å². The van der Waals surface area contributed by atoms with Crippen molar-refractivity contribution in [3.63, 3.8) is 0 Å². The second-order valence-corrected chi connectivity index (χ2v) is 2.75. The van der Waals surface area contributed by atoms with E-state index in [9.17, 15) is 4.79 Å². The van der Waals surface area contributed by atoms with E-state index in [1.165, 1.54) is 0 Å². The van der Waals surface area contributed by atoms with Crippen LogP contribution in [0.15, 0.2) is 0 Å². The normalized spacial score (nSPS) is 12.3. The summed E-state index contributed by atoms with van der Waals surface area (Å²) < 4.78 is 0. The van der Waals surface area contributed by atoms with Crippen LogP contribution < -0.4 is 5.32 Å². The predicted octanol–water partition coefficient (Wildman–Crippen LogP) is 0.918. The molecular weight excluding hydrogens is 140 g/mol. The Morgan fingerprint density at radius 3 is 2.45 bits per heavy atom. The van der Waals surface area contributed by atoms with Gasteiger partial charge in [0, 0.05) is 6.54 Å². The van der Waals surface area contributed by atoms with Crippen LogP contribution in [0.25, 0.3) is 0 Å². The number of hydrogen-bond donors (Lipinski definition) is 1. The number of amides is 1. The van der Waals surface area contributed by atoms with Gasteiger partial charge in [0.1, 0.15) is 5.92 Å². The van der Waals surface area contributed by atoms with Crippen molar-refractivity contribution in [1.82, 2.24) is 5.32 Å². The first-order valence-corrected chi connectivity index (χ1v) is 3.80. The van der Waals surface area contributed by atoms with Crippen molar-refractivity contribution in [2.45, 2.75) is 20.8 Å². The summed E-state index contributed by atoms with van der Waals surface area (Å²) in [6.45, 7) is 6.16. The number of carbonyl (C=O) groups excluding carboxylic acids is 1. The van der Waals surface area contributed by atoms with E-state index in [2.05, 4.69) is 5.32 Å². The number of rotatable bonds is 3. The first kappa shape index (κ1) is 9.96. The fraction of sp³-hybridized carbons (Fsp3) is 0.750. The number of nitrogens with zero attached hydrogens (tertiary/aromatic N) is 1. The van der Waals surface area contributed by atoms with E-state index in [4.69, 9.17) is 5.26 Å². The van der Waals surface area contributed by atoms with E-state index >= 15 is 0 Å². The molecule has 1 amide bonds. The van der Waals surface area contributed by atoms with Crippen molar-refractivity contribution < 1.29 is 4.79 Å². The van der Waals surface area contributed by atoms with Crippen LogP contribution in [0.1, 0.15) is 20.8 Å². The lowest BCUT2D eigenvalue weighted by Crippen LogP contribution is -2.32. The van der Waals surface area contributed by atoms with Gasteiger partial charge in [-0.3, -0.25) is 4.79 Å². The topological polar surface area (TPSA) is 52.9 Å². The molecule has 0 saturated carbocycles. The Labute approximate surface area is 67.4 Å². The first-order valence-electron chi connectivity index (χ1n) is 3.80. The maximum absolute atomic E-state index is 11.1. The van der Waals surface area contributed by atoms with Gasteiger partial charge in [-0.2, -0.15) is 5.26 Å². The summed E-state index contributed by atoms with van der Waals surface area (Å²) in [6.07, 6.45) is 0. The average molecular weight is 154 g/mol. The third-order valence-electron chi connectivity index (χ3n) is 1.44. The smallest absolute Gasteiger partial charge is 0.237 e. The quantitative estimate of drug-likeness (QED) is 0.657. The molecule has 0 rings (SSSR count). The van der Waals surface area contributed by atoms with Gasteiger partial charge in [0.2, 0.25) is 5.91 Å². The van der Waals surface area contributed by atoms with Crippen molar-refractivity contribution in [1.29, 1.82) is 5.26 Å². The van der Waals surface area contributed by atoms with E-state index in [0.717, 1.165) is 0 Å². The largest absolute Gasteiger partial charge is 0.355 e. The highest BCUT2D eigenvalue weighted by atomic mass is 16.1.